The molecule has 1 saturated heterocycles. The van der Waals surface area contributed by atoms with Crippen molar-refractivity contribution >= 4 is 33.8 Å². The van der Waals surface area contributed by atoms with Crippen molar-refractivity contribution in [3.05, 3.63) is 35.7 Å². The molecule has 0 bridgehead atoms. The van der Waals surface area contributed by atoms with E-state index in [0.717, 1.165) is 0 Å². The van der Waals surface area contributed by atoms with Gasteiger partial charge in [-0.2, -0.15) is 19.3 Å². The Labute approximate surface area is 196 Å². The quantitative estimate of drug-likeness (QED) is 0.403. The number of nitrogen functional groups attached to an aromatic ring is 2. The monoisotopic (exact) mass is 493 g/mol. The third-order valence-corrected chi connectivity index (χ3v) is 6.87. The van der Waals surface area contributed by atoms with Crippen molar-refractivity contribution < 1.29 is 27.5 Å². The lowest BCUT2D eigenvalue weighted by Gasteiger charge is -2.26. The molecule has 1 amide bonds. The summed E-state index contributed by atoms with van der Waals surface area (Å²) >= 11 is 0. The molecule has 0 radical (unpaired) electrons. The minimum Gasteiger partial charge on any atom is -0.456 e. The number of carbonyl (C=O) groups is 2. The Morgan fingerprint density at radius 3 is 2.41 bits per heavy atom. The highest BCUT2D eigenvalue weighted by Gasteiger charge is 2.29. The zero-order chi connectivity index (χ0) is 24.9. The molecule has 1 aromatic carbocycles. The Balaban J connectivity index is 1.70. The number of nitrogens with zero attached hydrogens (tertiary/aromatic N) is 4. The van der Waals surface area contributed by atoms with Crippen LogP contribution in [0.2, 0.25) is 0 Å². The van der Waals surface area contributed by atoms with E-state index >= 15 is 0 Å². The molecule has 3 rings (SSSR count). The largest absolute Gasteiger partial charge is 0.456 e. The predicted molar refractivity (Wildman–Crippen MR) is 121 cm³/mol. The first-order valence-electron chi connectivity index (χ1n) is 10.5. The molecule has 1 aliphatic rings. The molecule has 1 fully saturated rings. The van der Waals surface area contributed by atoms with Crippen molar-refractivity contribution in [1.82, 2.24) is 24.6 Å². The molecular weight excluding hydrogens is 466 g/mol. The summed E-state index contributed by atoms with van der Waals surface area (Å²) in [5.41, 5.74) is 11.1. The first kappa shape index (κ1) is 25.3. The van der Waals surface area contributed by atoms with Gasteiger partial charge >= 0.3 is 5.97 Å². The smallest absolute Gasteiger partial charge is 0.329 e. The van der Waals surface area contributed by atoms with Gasteiger partial charge in [-0.1, -0.05) is 19.9 Å². The Kier molecular flexibility index (Phi) is 7.96. The summed E-state index contributed by atoms with van der Waals surface area (Å²) in [4.78, 5) is 36.8. The van der Waals surface area contributed by atoms with Gasteiger partial charge in [0.15, 0.2) is 12.4 Å². The number of aromatic nitrogens is 3. The number of hydrogen-bond donors (Lipinski definition) is 3. The van der Waals surface area contributed by atoms with Crippen molar-refractivity contribution in [2.24, 2.45) is 5.92 Å². The summed E-state index contributed by atoms with van der Waals surface area (Å²) in [6.45, 7) is 4.22. The fourth-order valence-corrected chi connectivity index (χ4v) is 4.66. The van der Waals surface area contributed by atoms with E-state index in [1.165, 1.54) is 28.6 Å². The SMILES string of the molecule is CC(C)[C@H](NC(=O)c1cccc(S(=O)(=O)N2CCOCC2)c1)C(=O)OCc1nc(N)nc(N)n1. The minimum atomic E-state index is -3.78. The van der Waals surface area contributed by atoms with Gasteiger partial charge in [0, 0.05) is 18.7 Å². The van der Waals surface area contributed by atoms with Gasteiger partial charge in [-0.15, -0.1) is 0 Å². The predicted octanol–water partition coefficient (Wildman–Crippen LogP) is -0.445. The van der Waals surface area contributed by atoms with Gasteiger partial charge in [0.05, 0.1) is 18.1 Å². The van der Waals surface area contributed by atoms with E-state index < -0.39 is 27.9 Å². The van der Waals surface area contributed by atoms with Crippen molar-refractivity contribution in [3.8, 4) is 0 Å². The lowest BCUT2D eigenvalue weighted by molar-refractivity contribution is -0.148. The zero-order valence-corrected chi connectivity index (χ0v) is 19.6. The Hall–Kier alpha value is -3.36. The summed E-state index contributed by atoms with van der Waals surface area (Å²) in [6.07, 6.45) is 0. The molecule has 1 atom stereocenters. The molecular formula is C20H27N7O6S. The van der Waals surface area contributed by atoms with Gasteiger partial charge in [0.2, 0.25) is 21.9 Å². The number of amides is 1. The number of nitrogens with one attached hydrogen (secondary N) is 1. The molecule has 14 heteroatoms. The minimum absolute atomic E-state index is 0.0178. The van der Waals surface area contributed by atoms with Crippen LogP contribution in [0.3, 0.4) is 0 Å². The molecule has 2 aromatic rings. The summed E-state index contributed by atoms with van der Waals surface area (Å²) in [7, 11) is -3.78. The average Bonchev–Trinajstić information content (AvgIpc) is 2.80. The molecule has 13 nitrogen and oxygen atoms in total. The molecule has 184 valence electrons. The number of sulfonamides is 1. The van der Waals surface area contributed by atoms with Crippen molar-refractivity contribution in [2.75, 3.05) is 37.8 Å². The van der Waals surface area contributed by atoms with Crippen molar-refractivity contribution in [2.45, 2.75) is 31.4 Å². The number of anilines is 2. The first-order chi connectivity index (χ1) is 16.1. The maximum absolute atomic E-state index is 12.9. The molecule has 0 aliphatic carbocycles. The maximum atomic E-state index is 12.9. The lowest BCUT2D eigenvalue weighted by Crippen LogP contribution is -2.45. The van der Waals surface area contributed by atoms with Gasteiger partial charge in [-0.25, -0.2) is 13.2 Å². The van der Waals surface area contributed by atoms with Gasteiger partial charge in [0.1, 0.15) is 6.04 Å². The second kappa shape index (κ2) is 10.7. The number of carbonyl (C=O) groups excluding carboxylic acids is 2. The second-order valence-corrected chi connectivity index (χ2v) is 9.75. The van der Waals surface area contributed by atoms with Crippen LogP contribution >= 0.6 is 0 Å². The summed E-state index contributed by atoms with van der Waals surface area (Å²) in [5, 5.41) is 2.61. The average molecular weight is 494 g/mol. The van der Waals surface area contributed by atoms with Crippen molar-refractivity contribution in [1.29, 1.82) is 0 Å². The van der Waals surface area contributed by atoms with Gasteiger partial charge in [-0.3, -0.25) is 4.79 Å². The second-order valence-electron chi connectivity index (χ2n) is 7.82. The number of esters is 1. The molecule has 1 aliphatic heterocycles. The molecule has 0 unspecified atom stereocenters. The fraction of sp³-hybridized carbons (Fsp3) is 0.450. The standard InChI is InChI=1S/C20H27N7O6S/c1-12(2)16(18(29)33-11-15-23-19(21)26-20(22)24-15)25-17(28)13-4-3-5-14(10-13)34(30,31)27-6-8-32-9-7-27/h3-5,10,12,16H,6-9,11H2,1-2H3,(H,25,28)(H4,21,22,23,24,26)/t16-/m0/s1. The van der Waals surface area contributed by atoms with Gasteiger partial charge in [0.25, 0.3) is 5.91 Å². The van der Waals surface area contributed by atoms with E-state index in [9.17, 15) is 18.0 Å². The highest BCUT2D eigenvalue weighted by molar-refractivity contribution is 7.89. The van der Waals surface area contributed by atoms with Gasteiger partial charge < -0.3 is 26.3 Å². The molecule has 0 spiro atoms. The van der Waals surface area contributed by atoms with E-state index in [0.29, 0.717) is 13.2 Å². The summed E-state index contributed by atoms with van der Waals surface area (Å²) in [5.74, 6) is -1.84. The molecule has 1 aromatic heterocycles. The third-order valence-electron chi connectivity index (χ3n) is 4.97. The van der Waals surface area contributed by atoms with E-state index in [1.54, 1.807) is 13.8 Å². The van der Waals surface area contributed by atoms with Crippen LogP contribution in [0.4, 0.5) is 11.9 Å². The van der Waals surface area contributed by atoms with Crippen LogP contribution in [0, 0.1) is 5.92 Å². The number of morpholine rings is 1. The van der Waals surface area contributed by atoms with Crippen LogP contribution in [0.15, 0.2) is 29.2 Å². The van der Waals surface area contributed by atoms with E-state index in [4.69, 9.17) is 20.9 Å². The number of nitrogens with two attached hydrogens (primary N) is 2. The number of rotatable bonds is 8. The normalized spacial score (nSPS) is 15.6. The maximum Gasteiger partial charge on any atom is 0.329 e. The molecule has 2 heterocycles. The molecule has 34 heavy (non-hydrogen) atoms. The zero-order valence-electron chi connectivity index (χ0n) is 18.8. The summed E-state index contributed by atoms with van der Waals surface area (Å²) in [6, 6.07) is 4.62. The van der Waals surface area contributed by atoms with Crippen LogP contribution in [0.25, 0.3) is 0 Å². The van der Waals surface area contributed by atoms with Crippen molar-refractivity contribution in [3.63, 3.8) is 0 Å². The van der Waals surface area contributed by atoms with Crippen LogP contribution < -0.4 is 16.8 Å². The number of hydrogen-bond acceptors (Lipinski definition) is 11. The Morgan fingerprint density at radius 2 is 1.79 bits per heavy atom. The lowest BCUT2D eigenvalue weighted by atomic mass is 10.0. The first-order valence-corrected chi connectivity index (χ1v) is 11.9. The Bertz CT molecular complexity index is 1130. The van der Waals surface area contributed by atoms with Crippen LogP contribution in [-0.2, 0) is 30.9 Å². The highest BCUT2D eigenvalue weighted by Crippen LogP contribution is 2.19. The van der Waals surface area contributed by atoms with Gasteiger partial charge in [-0.05, 0) is 24.1 Å². The third kappa shape index (κ3) is 6.15. The van der Waals surface area contributed by atoms with Crippen LogP contribution in [-0.4, -0.2) is 71.9 Å². The fourth-order valence-electron chi connectivity index (χ4n) is 3.20. The molecule has 5 N–H and O–H groups in total. The molecule has 0 saturated carbocycles. The van der Waals surface area contributed by atoms with Crippen LogP contribution in [0.5, 0.6) is 0 Å². The Morgan fingerprint density at radius 1 is 1.15 bits per heavy atom. The highest BCUT2D eigenvalue weighted by atomic mass is 32.2. The van der Waals surface area contributed by atoms with E-state index in [-0.39, 0.29) is 53.8 Å². The van der Waals surface area contributed by atoms with E-state index in [2.05, 4.69) is 20.3 Å². The van der Waals surface area contributed by atoms with Crippen LogP contribution in [0.1, 0.15) is 30.0 Å². The summed E-state index contributed by atoms with van der Waals surface area (Å²) < 4.78 is 37.5. The topological polar surface area (TPSA) is 193 Å². The number of ether oxygens (including phenoxy) is 2. The van der Waals surface area contributed by atoms with E-state index in [1.807, 2.05) is 0 Å². The number of benzene rings is 1.